The summed E-state index contributed by atoms with van der Waals surface area (Å²) in [5, 5.41) is 15.5. The molecule has 89 heavy (non-hydrogen) atoms. The van der Waals surface area contributed by atoms with Crippen molar-refractivity contribution >= 4 is 94.9 Å². The molecule has 0 aliphatic heterocycles. The quantitative estimate of drug-likeness (QED) is 0.0664. The Balaban J connectivity index is 0.000000123. The number of hydrogen-bond donors (Lipinski definition) is 6. The zero-order valence-electron chi connectivity index (χ0n) is 49.7. The van der Waals surface area contributed by atoms with Gasteiger partial charge in [-0.05, 0) is 143 Å². The van der Waals surface area contributed by atoms with E-state index in [0.717, 1.165) is 107 Å². The molecule has 0 radical (unpaired) electrons. The van der Waals surface area contributed by atoms with Gasteiger partial charge >= 0.3 is 0 Å². The molecule has 9 heterocycles. The molecular formula is C67H61ClN18O3. The summed E-state index contributed by atoms with van der Waals surface area (Å²) in [4.78, 5) is 87.9. The number of aromatic amines is 3. The van der Waals surface area contributed by atoms with Gasteiger partial charge in [0.15, 0.2) is 34.4 Å². The second-order valence-corrected chi connectivity index (χ2v) is 22.8. The summed E-state index contributed by atoms with van der Waals surface area (Å²) in [5.74, 6) is 1.94. The van der Waals surface area contributed by atoms with Gasteiger partial charge in [-0.1, -0.05) is 90.0 Å². The minimum absolute atomic E-state index is 0.0285. The minimum atomic E-state index is -0.209. The van der Waals surface area contributed by atoms with Crippen molar-refractivity contribution in [3.8, 4) is 11.4 Å². The van der Waals surface area contributed by atoms with Crippen LogP contribution in [0.2, 0.25) is 5.02 Å². The van der Waals surface area contributed by atoms with Gasteiger partial charge in [-0.15, -0.1) is 0 Å². The topological polar surface area (TPSA) is 265 Å². The molecule has 9 aromatic heterocycles. The third kappa shape index (κ3) is 11.1. The van der Waals surface area contributed by atoms with Crippen molar-refractivity contribution in [1.82, 2.24) is 73.5 Å². The average molecular weight is 1200 g/mol. The lowest BCUT2D eigenvalue weighted by atomic mass is 10.0. The zero-order chi connectivity index (χ0) is 61.6. The van der Waals surface area contributed by atoms with Gasteiger partial charge in [0.2, 0.25) is 0 Å². The van der Waals surface area contributed by atoms with E-state index in [1.54, 1.807) is 34.2 Å². The first-order chi connectivity index (χ1) is 43.2. The normalized spacial score (nSPS) is 13.3. The van der Waals surface area contributed by atoms with Crippen molar-refractivity contribution in [3.05, 3.63) is 235 Å². The molecule has 15 rings (SSSR count). The highest BCUT2D eigenvalue weighted by molar-refractivity contribution is 6.35. The first-order valence-electron chi connectivity index (χ1n) is 29.2. The first kappa shape index (κ1) is 57.2. The van der Waals surface area contributed by atoms with Crippen molar-refractivity contribution in [2.24, 2.45) is 0 Å². The summed E-state index contributed by atoms with van der Waals surface area (Å²) in [6, 6.07) is 39.3. The summed E-state index contributed by atoms with van der Waals surface area (Å²) in [5.41, 5.74) is 12.4. The highest BCUT2D eigenvalue weighted by Crippen LogP contribution is 2.38. The predicted octanol–water partition coefficient (Wildman–Crippen LogP) is 12.7. The smallest absolute Gasteiger partial charge is 0.263 e. The number of rotatable bonds is 12. The van der Waals surface area contributed by atoms with Crippen LogP contribution in [0.3, 0.4) is 0 Å². The SMILES string of the molecule is C[C@H](Nc1ncnc2nc[nH]c12)c1cc2cccc(Cl)c2c(=O)n1C1CC1.Cc1ccc(-n2c([C@H](C)Nc3ncnc4nc[nH]c34)cc3cccc(C)c3c2=O)cc1.Cc1cccc(-n2c([C@H](C)Nc3ncnc4nc[nH]c34)cc3cccc(C)c3c2=O)c1. The van der Waals surface area contributed by atoms with Crippen LogP contribution in [0.25, 0.3) is 77.2 Å². The number of benzene rings is 5. The summed E-state index contributed by atoms with van der Waals surface area (Å²) < 4.78 is 5.47. The van der Waals surface area contributed by atoms with E-state index in [9.17, 15) is 14.4 Å². The Bertz CT molecular complexity index is 5200. The molecule has 22 heteroatoms. The summed E-state index contributed by atoms with van der Waals surface area (Å²) in [7, 11) is 0. The number of aromatic nitrogens is 15. The van der Waals surface area contributed by atoms with E-state index >= 15 is 0 Å². The third-order valence-corrected chi connectivity index (χ3v) is 16.5. The van der Waals surface area contributed by atoms with E-state index in [1.807, 2.05) is 156 Å². The lowest BCUT2D eigenvalue weighted by Gasteiger charge is -2.22. The predicted molar refractivity (Wildman–Crippen MR) is 351 cm³/mol. The molecule has 0 amide bonds. The fourth-order valence-corrected chi connectivity index (χ4v) is 11.9. The summed E-state index contributed by atoms with van der Waals surface area (Å²) >= 11 is 6.32. The molecule has 0 saturated heterocycles. The van der Waals surface area contributed by atoms with Crippen LogP contribution in [-0.4, -0.2) is 73.5 Å². The maximum Gasteiger partial charge on any atom is 0.263 e. The number of fused-ring (bicyclic) bond motifs is 6. The standard InChI is InChI=1S/2C24H22N6O.C19H17ClN6O/c1-14-6-4-9-18(10-14)30-19(11-17-8-5-7-15(2)20(17)24(30)31)16(3)29-23-21-22(26-12-25-21)27-13-28-23;1-14-7-9-18(10-8-14)30-19(11-17-6-4-5-15(2)20(17)24(30)31)16(3)29-23-21-22(26-12-25-21)27-13-28-23;1-10(25-18-16-17(22-8-21-16)23-9-24-18)14-7-11-3-2-4-13(20)15(11)19(27)26(14)12-5-6-12/h2*4-13,16H,1-3H3,(H2,25,26,27,28,29);2-4,7-10,12H,5-6H2,1H3,(H2,21,22,23,24,25)/t2*16-;10-/m000/s1. The van der Waals surface area contributed by atoms with E-state index in [2.05, 4.69) is 87.9 Å². The molecule has 1 fully saturated rings. The van der Waals surface area contributed by atoms with Crippen LogP contribution in [0.5, 0.6) is 0 Å². The number of anilines is 3. The van der Waals surface area contributed by atoms with E-state index in [0.29, 0.717) is 44.8 Å². The van der Waals surface area contributed by atoms with Crippen LogP contribution in [0.15, 0.2) is 174 Å². The molecule has 6 N–H and O–H groups in total. The molecule has 5 aromatic carbocycles. The van der Waals surface area contributed by atoms with Crippen molar-refractivity contribution in [3.63, 3.8) is 0 Å². The van der Waals surface area contributed by atoms with Crippen molar-refractivity contribution in [2.75, 3.05) is 16.0 Å². The van der Waals surface area contributed by atoms with Gasteiger partial charge in [0.1, 0.15) is 35.5 Å². The lowest BCUT2D eigenvalue weighted by Crippen LogP contribution is -2.26. The fraction of sp³-hybridized carbons (Fsp3) is 0.194. The van der Waals surface area contributed by atoms with E-state index < -0.39 is 0 Å². The summed E-state index contributed by atoms with van der Waals surface area (Å²) in [6.07, 6.45) is 11.2. The number of pyridine rings is 3. The van der Waals surface area contributed by atoms with Crippen LogP contribution in [0.4, 0.5) is 17.5 Å². The van der Waals surface area contributed by atoms with Gasteiger partial charge in [-0.2, -0.15) is 0 Å². The maximum absolute atomic E-state index is 13.7. The van der Waals surface area contributed by atoms with Gasteiger partial charge in [-0.3, -0.25) is 23.5 Å². The molecule has 1 aliphatic rings. The maximum atomic E-state index is 13.7. The van der Waals surface area contributed by atoms with Crippen molar-refractivity contribution in [1.29, 1.82) is 0 Å². The number of nitrogens with zero attached hydrogens (tertiary/aromatic N) is 12. The molecule has 21 nitrogen and oxygen atoms in total. The van der Waals surface area contributed by atoms with E-state index in [1.165, 1.54) is 19.0 Å². The highest BCUT2D eigenvalue weighted by atomic mass is 35.5. The van der Waals surface area contributed by atoms with Gasteiger partial charge < -0.3 is 35.5 Å². The number of H-pyrrole nitrogens is 3. The lowest BCUT2D eigenvalue weighted by molar-refractivity contribution is 0.636. The van der Waals surface area contributed by atoms with Crippen LogP contribution < -0.4 is 32.6 Å². The molecule has 1 aliphatic carbocycles. The Morgan fingerprint density at radius 2 is 0.876 bits per heavy atom. The number of aryl methyl sites for hydroxylation is 4. The number of hydrogen-bond acceptors (Lipinski definition) is 15. The second kappa shape index (κ2) is 23.7. The Morgan fingerprint density at radius 3 is 1.35 bits per heavy atom. The van der Waals surface area contributed by atoms with Gasteiger partial charge in [0.25, 0.3) is 16.7 Å². The largest absolute Gasteiger partial charge is 0.360 e. The van der Waals surface area contributed by atoms with Crippen LogP contribution >= 0.6 is 11.6 Å². The monoisotopic (exact) mass is 1200 g/mol. The Morgan fingerprint density at radius 1 is 0.449 bits per heavy atom. The van der Waals surface area contributed by atoms with Crippen LogP contribution in [0.1, 0.15) is 97.1 Å². The number of halogens is 1. The first-order valence-corrected chi connectivity index (χ1v) is 29.6. The Kier molecular flexibility index (Phi) is 15.2. The molecule has 0 bridgehead atoms. The fourth-order valence-electron chi connectivity index (χ4n) is 11.6. The van der Waals surface area contributed by atoms with Gasteiger partial charge in [-0.25, -0.2) is 44.9 Å². The van der Waals surface area contributed by atoms with Crippen molar-refractivity contribution < 1.29 is 0 Å². The van der Waals surface area contributed by atoms with Crippen molar-refractivity contribution in [2.45, 2.75) is 85.5 Å². The molecule has 444 valence electrons. The minimum Gasteiger partial charge on any atom is -0.360 e. The molecular weight excluding hydrogens is 1140 g/mol. The number of nitrogens with one attached hydrogen (secondary N) is 6. The molecule has 14 aromatic rings. The Hall–Kier alpha value is -10.9. The number of imidazole rings is 3. The van der Waals surface area contributed by atoms with E-state index in [4.69, 9.17) is 11.6 Å². The third-order valence-electron chi connectivity index (χ3n) is 16.2. The van der Waals surface area contributed by atoms with Gasteiger partial charge in [0.05, 0.1) is 58.3 Å². The average Bonchev–Trinajstić information content (AvgIpc) is 1.78. The van der Waals surface area contributed by atoms with Crippen LogP contribution in [-0.2, 0) is 0 Å². The molecule has 1 saturated carbocycles. The summed E-state index contributed by atoms with van der Waals surface area (Å²) in [6.45, 7) is 14.1. The molecule has 0 unspecified atom stereocenters. The highest BCUT2D eigenvalue weighted by Gasteiger charge is 2.30. The van der Waals surface area contributed by atoms with Crippen LogP contribution in [0, 0.1) is 27.7 Å². The molecule has 3 atom stereocenters. The molecule has 0 spiro atoms. The second-order valence-electron chi connectivity index (χ2n) is 22.4. The Labute approximate surface area is 513 Å². The van der Waals surface area contributed by atoms with Gasteiger partial charge in [0, 0.05) is 34.5 Å². The van der Waals surface area contributed by atoms with E-state index in [-0.39, 0.29) is 40.8 Å². The zero-order valence-corrected chi connectivity index (χ0v) is 50.5.